The first kappa shape index (κ1) is 29.0. The van der Waals surface area contributed by atoms with E-state index in [1.54, 1.807) is 12.4 Å². The quantitative estimate of drug-likeness (QED) is 0.186. The zero-order chi connectivity index (χ0) is 33.7. The number of para-hydroxylation sites is 2. The van der Waals surface area contributed by atoms with Gasteiger partial charge in [-0.2, -0.15) is 0 Å². The Morgan fingerprint density at radius 2 is 1.02 bits per heavy atom. The second-order valence-corrected chi connectivity index (χ2v) is 12.7. The molecule has 0 bridgehead atoms. The molecule has 0 fully saturated rings. The first-order valence-corrected chi connectivity index (χ1v) is 17.1. The molecule has 0 unspecified atom stereocenters. The Labute approximate surface area is 294 Å². The van der Waals surface area contributed by atoms with Gasteiger partial charge in [0, 0.05) is 45.7 Å². The molecule has 0 amide bonds. The fraction of sp³-hybridized carbons (Fsp3) is 0. The van der Waals surface area contributed by atoms with E-state index in [1.165, 1.54) is 10.8 Å². The van der Waals surface area contributed by atoms with Crippen molar-refractivity contribution in [3.63, 3.8) is 0 Å². The van der Waals surface area contributed by atoms with E-state index < -0.39 is 0 Å². The number of aromatic nitrogens is 5. The average molecular weight is 652 g/mol. The molecular weight excluding hydrogens is 623 g/mol. The van der Waals surface area contributed by atoms with E-state index in [1.807, 2.05) is 18.2 Å². The van der Waals surface area contributed by atoms with Gasteiger partial charge in [0.05, 0.1) is 22.2 Å². The summed E-state index contributed by atoms with van der Waals surface area (Å²) in [5.41, 5.74) is 12.9. The molecule has 10 rings (SSSR count). The summed E-state index contributed by atoms with van der Waals surface area (Å²) in [5, 5.41) is 3.42. The number of benzene rings is 7. The van der Waals surface area contributed by atoms with Gasteiger partial charge in [-0.15, -0.1) is 0 Å². The van der Waals surface area contributed by atoms with Crippen LogP contribution in [0.15, 0.2) is 176 Å². The number of hydrogen-bond acceptors (Lipinski definition) is 4. The first-order chi connectivity index (χ1) is 25.3. The molecule has 0 aliphatic heterocycles. The maximum atomic E-state index is 5.40. The molecule has 0 aliphatic rings. The number of hydrogen-bond donors (Lipinski definition) is 0. The summed E-state index contributed by atoms with van der Waals surface area (Å²) in [6.45, 7) is 0. The maximum absolute atomic E-state index is 5.40. The van der Waals surface area contributed by atoms with Crippen LogP contribution in [0.25, 0.3) is 94.3 Å². The Morgan fingerprint density at radius 1 is 0.392 bits per heavy atom. The molecular formula is C46H29N5. The van der Waals surface area contributed by atoms with Gasteiger partial charge in [0.25, 0.3) is 0 Å². The summed E-state index contributed by atoms with van der Waals surface area (Å²) in [5.74, 6) is 0.856. The van der Waals surface area contributed by atoms with Gasteiger partial charge >= 0.3 is 0 Å². The lowest BCUT2D eigenvalue weighted by molar-refractivity contribution is 1.10. The third-order valence-electron chi connectivity index (χ3n) is 9.71. The van der Waals surface area contributed by atoms with E-state index in [9.17, 15) is 0 Å². The smallest absolute Gasteiger partial charge is 0.145 e. The van der Waals surface area contributed by atoms with Crippen LogP contribution >= 0.6 is 0 Å². The van der Waals surface area contributed by atoms with Gasteiger partial charge in [-0.25, -0.2) is 9.97 Å². The van der Waals surface area contributed by atoms with Crippen LogP contribution in [0.3, 0.4) is 0 Å². The summed E-state index contributed by atoms with van der Waals surface area (Å²) in [6, 6.07) is 57.0. The van der Waals surface area contributed by atoms with Crippen molar-refractivity contribution in [3.05, 3.63) is 176 Å². The van der Waals surface area contributed by atoms with Crippen LogP contribution in [-0.4, -0.2) is 24.5 Å². The van der Waals surface area contributed by atoms with Crippen LogP contribution in [0.2, 0.25) is 0 Å². The van der Waals surface area contributed by atoms with Crippen molar-refractivity contribution in [1.29, 1.82) is 0 Å². The summed E-state index contributed by atoms with van der Waals surface area (Å²) < 4.78 is 2.26. The van der Waals surface area contributed by atoms with Gasteiger partial charge in [-0.1, -0.05) is 146 Å². The highest BCUT2D eigenvalue weighted by Gasteiger charge is 2.22. The fourth-order valence-electron chi connectivity index (χ4n) is 7.36. The van der Waals surface area contributed by atoms with Gasteiger partial charge in [0.15, 0.2) is 0 Å². The van der Waals surface area contributed by atoms with E-state index in [2.05, 4.69) is 150 Å². The van der Waals surface area contributed by atoms with E-state index >= 15 is 0 Å². The molecule has 5 nitrogen and oxygen atoms in total. The zero-order valence-electron chi connectivity index (χ0n) is 27.5. The molecule has 0 saturated carbocycles. The molecule has 3 heterocycles. The van der Waals surface area contributed by atoms with Gasteiger partial charge in [-0.05, 0) is 40.1 Å². The van der Waals surface area contributed by atoms with Crippen LogP contribution in [0, 0.1) is 0 Å². The number of rotatable bonds is 5. The summed E-state index contributed by atoms with van der Waals surface area (Å²) in [4.78, 5) is 20.3. The molecule has 3 aromatic heterocycles. The van der Waals surface area contributed by atoms with E-state index in [-0.39, 0.29) is 0 Å². The second-order valence-electron chi connectivity index (χ2n) is 12.7. The van der Waals surface area contributed by atoms with E-state index in [4.69, 9.17) is 19.9 Å². The second kappa shape index (κ2) is 11.9. The monoisotopic (exact) mass is 651 g/mol. The fourth-order valence-corrected chi connectivity index (χ4v) is 7.36. The van der Waals surface area contributed by atoms with Crippen molar-refractivity contribution in [2.24, 2.45) is 0 Å². The standard InChI is InChI=1S/C46H29N5/c1-3-13-32(14-4-1)41-45-44(39-19-9-10-21-40(39)49-41)50-46(51(45)34-16-5-2-6-17-34)33-24-22-31(23-25-33)36-26-27-38(43-42(36)47-28-29-48-43)37-20-11-15-30-12-7-8-18-35(30)37/h1-29H. The lowest BCUT2D eigenvalue weighted by atomic mass is 9.94. The van der Waals surface area contributed by atoms with Crippen molar-refractivity contribution < 1.29 is 0 Å². The molecule has 0 aliphatic carbocycles. The molecule has 0 radical (unpaired) electrons. The molecule has 7 aromatic carbocycles. The third-order valence-corrected chi connectivity index (χ3v) is 9.71. The highest BCUT2D eigenvalue weighted by atomic mass is 15.1. The Hall–Kier alpha value is -6.98. The highest BCUT2D eigenvalue weighted by Crippen LogP contribution is 2.40. The van der Waals surface area contributed by atoms with Gasteiger partial charge in [-0.3, -0.25) is 14.5 Å². The zero-order valence-corrected chi connectivity index (χ0v) is 27.5. The minimum Gasteiger partial charge on any atom is -0.290 e. The summed E-state index contributed by atoms with van der Waals surface area (Å²) >= 11 is 0. The maximum Gasteiger partial charge on any atom is 0.145 e. The van der Waals surface area contributed by atoms with E-state index in [0.717, 1.165) is 83.6 Å². The Morgan fingerprint density at radius 3 is 1.82 bits per heavy atom. The minimum absolute atomic E-state index is 0.856. The Balaban J connectivity index is 1.16. The number of imidazole rings is 1. The minimum atomic E-state index is 0.856. The molecule has 51 heavy (non-hydrogen) atoms. The summed E-state index contributed by atoms with van der Waals surface area (Å²) in [6.07, 6.45) is 3.55. The lowest BCUT2D eigenvalue weighted by Gasteiger charge is -2.14. The van der Waals surface area contributed by atoms with Crippen molar-refractivity contribution in [3.8, 4) is 50.6 Å². The van der Waals surface area contributed by atoms with Crippen molar-refractivity contribution in [2.75, 3.05) is 0 Å². The average Bonchev–Trinajstić information content (AvgIpc) is 3.62. The van der Waals surface area contributed by atoms with Crippen LogP contribution in [0.5, 0.6) is 0 Å². The Bertz CT molecular complexity index is 2890. The molecule has 238 valence electrons. The normalized spacial score (nSPS) is 11.5. The molecule has 5 heteroatoms. The molecule has 0 N–H and O–H groups in total. The Kier molecular flexibility index (Phi) is 6.74. The van der Waals surface area contributed by atoms with Crippen molar-refractivity contribution >= 4 is 43.7 Å². The van der Waals surface area contributed by atoms with Crippen LogP contribution in [-0.2, 0) is 0 Å². The summed E-state index contributed by atoms with van der Waals surface area (Å²) in [7, 11) is 0. The molecule has 10 aromatic rings. The number of fused-ring (bicyclic) bond motifs is 5. The lowest BCUT2D eigenvalue weighted by Crippen LogP contribution is -2.00. The van der Waals surface area contributed by atoms with Crippen LogP contribution in [0.1, 0.15) is 0 Å². The van der Waals surface area contributed by atoms with Gasteiger partial charge in [0.1, 0.15) is 16.9 Å². The largest absolute Gasteiger partial charge is 0.290 e. The van der Waals surface area contributed by atoms with Gasteiger partial charge in [0.2, 0.25) is 0 Å². The molecule has 0 atom stereocenters. The first-order valence-electron chi connectivity index (χ1n) is 17.1. The molecule has 0 spiro atoms. The number of nitrogens with zero attached hydrogens (tertiary/aromatic N) is 5. The molecule has 0 saturated heterocycles. The SMILES string of the molecule is c1ccc(-c2nc3ccccc3c3nc(-c4ccc(-c5ccc(-c6cccc7ccccc67)c6nccnc56)cc4)n(-c4ccccc4)c23)cc1. The number of pyridine rings is 1. The van der Waals surface area contributed by atoms with Crippen LogP contribution in [0.4, 0.5) is 0 Å². The predicted octanol–water partition coefficient (Wildman–Crippen LogP) is 11.3. The van der Waals surface area contributed by atoms with Crippen molar-refractivity contribution in [2.45, 2.75) is 0 Å². The van der Waals surface area contributed by atoms with Gasteiger partial charge < -0.3 is 0 Å². The highest BCUT2D eigenvalue weighted by molar-refractivity contribution is 6.10. The van der Waals surface area contributed by atoms with Crippen molar-refractivity contribution in [1.82, 2.24) is 24.5 Å². The topological polar surface area (TPSA) is 56.5 Å². The van der Waals surface area contributed by atoms with Crippen LogP contribution < -0.4 is 0 Å². The third kappa shape index (κ3) is 4.78. The van der Waals surface area contributed by atoms with E-state index in [0.29, 0.717) is 0 Å². The predicted molar refractivity (Wildman–Crippen MR) is 209 cm³/mol.